The van der Waals surface area contributed by atoms with Crippen molar-refractivity contribution in [2.75, 3.05) is 25.1 Å². The standard InChI is InChI=1S/C11H19N3OS/c1-8(12)10-7-16-11(13-10)14-5-3-9(15-2)4-6-14/h7-9H,3-6,12H2,1-2H3. The van der Waals surface area contributed by atoms with E-state index in [0.717, 1.165) is 36.8 Å². The molecule has 0 saturated carbocycles. The molecule has 1 unspecified atom stereocenters. The zero-order valence-corrected chi connectivity index (χ0v) is 10.7. The third-order valence-corrected chi connectivity index (χ3v) is 3.94. The monoisotopic (exact) mass is 241 g/mol. The molecule has 1 aromatic rings. The van der Waals surface area contributed by atoms with Gasteiger partial charge in [-0.1, -0.05) is 0 Å². The molecule has 1 aliphatic heterocycles. The van der Waals surface area contributed by atoms with Gasteiger partial charge >= 0.3 is 0 Å². The van der Waals surface area contributed by atoms with Crippen molar-refractivity contribution in [2.45, 2.75) is 31.9 Å². The number of anilines is 1. The summed E-state index contributed by atoms with van der Waals surface area (Å²) in [5.74, 6) is 0. The van der Waals surface area contributed by atoms with E-state index < -0.39 is 0 Å². The Kier molecular flexibility index (Phi) is 3.78. The molecule has 0 amide bonds. The van der Waals surface area contributed by atoms with Gasteiger partial charge in [0.25, 0.3) is 0 Å². The van der Waals surface area contributed by atoms with Crippen LogP contribution in [-0.2, 0) is 4.74 Å². The molecule has 5 heteroatoms. The summed E-state index contributed by atoms with van der Waals surface area (Å²) in [5, 5.41) is 3.16. The van der Waals surface area contributed by atoms with E-state index in [9.17, 15) is 0 Å². The van der Waals surface area contributed by atoms with Crippen molar-refractivity contribution in [3.63, 3.8) is 0 Å². The summed E-state index contributed by atoms with van der Waals surface area (Å²) in [6.07, 6.45) is 2.59. The fraction of sp³-hybridized carbons (Fsp3) is 0.727. The maximum Gasteiger partial charge on any atom is 0.185 e. The summed E-state index contributed by atoms with van der Waals surface area (Å²) in [4.78, 5) is 6.89. The zero-order chi connectivity index (χ0) is 11.5. The molecule has 2 heterocycles. The van der Waals surface area contributed by atoms with Crippen molar-refractivity contribution in [3.05, 3.63) is 11.1 Å². The summed E-state index contributed by atoms with van der Waals surface area (Å²) >= 11 is 1.69. The highest BCUT2D eigenvalue weighted by Crippen LogP contribution is 2.26. The Morgan fingerprint density at radius 1 is 1.56 bits per heavy atom. The third-order valence-electron chi connectivity index (χ3n) is 3.02. The second kappa shape index (κ2) is 5.12. The number of rotatable bonds is 3. The van der Waals surface area contributed by atoms with Gasteiger partial charge in [0.2, 0.25) is 0 Å². The molecule has 1 aromatic heterocycles. The van der Waals surface area contributed by atoms with Crippen LogP contribution in [0, 0.1) is 0 Å². The molecular formula is C11H19N3OS. The molecule has 0 spiro atoms. The maximum atomic E-state index is 5.81. The summed E-state index contributed by atoms with van der Waals surface area (Å²) in [5.41, 5.74) is 6.80. The van der Waals surface area contributed by atoms with Gasteiger partial charge in [0.1, 0.15) is 0 Å². The van der Waals surface area contributed by atoms with Crippen LogP contribution < -0.4 is 10.6 Å². The first-order chi connectivity index (χ1) is 7.70. The lowest BCUT2D eigenvalue weighted by Crippen LogP contribution is -2.36. The van der Waals surface area contributed by atoms with E-state index in [1.165, 1.54) is 0 Å². The van der Waals surface area contributed by atoms with Crippen LogP contribution in [0.15, 0.2) is 5.38 Å². The smallest absolute Gasteiger partial charge is 0.185 e. The summed E-state index contributed by atoms with van der Waals surface area (Å²) < 4.78 is 5.36. The molecular weight excluding hydrogens is 222 g/mol. The van der Waals surface area contributed by atoms with Gasteiger partial charge in [0.05, 0.1) is 11.8 Å². The first-order valence-electron chi connectivity index (χ1n) is 5.69. The van der Waals surface area contributed by atoms with E-state index in [-0.39, 0.29) is 6.04 Å². The average molecular weight is 241 g/mol. The lowest BCUT2D eigenvalue weighted by molar-refractivity contribution is 0.0819. The minimum atomic E-state index is 0.0292. The van der Waals surface area contributed by atoms with Crippen LogP contribution >= 0.6 is 11.3 Å². The fourth-order valence-corrected chi connectivity index (χ4v) is 2.90. The van der Waals surface area contributed by atoms with Gasteiger partial charge < -0.3 is 15.4 Å². The molecule has 0 aliphatic carbocycles. The first-order valence-corrected chi connectivity index (χ1v) is 6.57. The van der Waals surface area contributed by atoms with Crippen molar-refractivity contribution < 1.29 is 4.74 Å². The highest BCUT2D eigenvalue weighted by molar-refractivity contribution is 7.13. The molecule has 1 fully saturated rings. The predicted molar refractivity (Wildman–Crippen MR) is 67.0 cm³/mol. The van der Waals surface area contributed by atoms with Crippen LogP contribution in [0.25, 0.3) is 0 Å². The van der Waals surface area contributed by atoms with Crippen LogP contribution in [0.4, 0.5) is 5.13 Å². The third kappa shape index (κ3) is 2.53. The minimum absolute atomic E-state index is 0.0292. The summed E-state index contributed by atoms with van der Waals surface area (Å²) in [6, 6.07) is 0.0292. The lowest BCUT2D eigenvalue weighted by Gasteiger charge is -2.30. The number of aromatic nitrogens is 1. The lowest BCUT2D eigenvalue weighted by atomic mass is 10.1. The van der Waals surface area contributed by atoms with Crippen molar-refractivity contribution in [2.24, 2.45) is 5.73 Å². The predicted octanol–water partition coefficient (Wildman–Crippen LogP) is 1.78. The Morgan fingerprint density at radius 3 is 2.75 bits per heavy atom. The molecule has 1 saturated heterocycles. The van der Waals surface area contributed by atoms with Crippen LogP contribution in [0.5, 0.6) is 0 Å². The van der Waals surface area contributed by atoms with Gasteiger partial charge in [-0.15, -0.1) is 11.3 Å². The van der Waals surface area contributed by atoms with E-state index in [4.69, 9.17) is 10.5 Å². The molecule has 4 nitrogen and oxygen atoms in total. The van der Waals surface area contributed by atoms with E-state index in [0.29, 0.717) is 6.10 Å². The van der Waals surface area contributed by atoms with E-state index in [1.54, 1.807) is 18.4 Å². The molecule has 1 atom stereocenters. The van der Waals surface area contributed by atoms with Gasteiger partial charge in [-0.3, -0.25) is 0 Å². The fourth-order valence-electron chi connectivity index (χ4n) is 1.91. The second-order valence-corrected chi connectivity index (χ2v) is 5.10. The minimum Gasteiger partial charge on any atom is -0.381 e. The Morgan fingerprint density at radius 2 is 2.25 bits per heavy atom. The number of methoxy groups -OCH3 is 1. The SMILES string of the molecule is COC1CCN(c2nc(C(C)N)cs2)CC1. The highest BCUT2D eigenvalue weighted by Gasteiger charge is 2.21. The van der Waals surface area contributed by atoms with Gasteiger partial charge in [-0.05, 0) is 19.8 Å². The molecule has 0 bridgehead atoms. The maximum absolute atomic E-state index is 5.81. The van der Waals surface area contributed by atoms with Gasteiger partial charge in [-0.2, -0.15) is 0 Å². The number of hydrogen-bond acceptors (Lipinski definition) is 5. The van der Waals surface area contributed by atoms with Crippen molar-refractivity contribution in [1.29, 1.82) is 0 Å². The van der Waals surface area contributed by atoms with Gasteiger partial charge in [-0.25, -0.2) is 4.98 Å². The molecule has 1 aliphatic rings. The van der Waals surface area contributed by atoms with Crippen molar-refractivity contribution >= 4 is 16.5 Å². The molecule has 2 N–H and O–H groups in total. The molecule has 0 aromatic carbocycles. The number of nitrogens with zero attached hydrogens (tertiary/aromatic N) is 2. The Hall–Kier alpha value is -0.650. The summed E-state index contributed by atoms with van der Waals surface area (Å²) in [6.45, 7) is 4.03. The van der Waals surface area contributed by atoms with Crippen molar-refractivity contribution in [3.8, 4) is 0 Å². The largest absolute Gasteiger partial charge is 0.381 e. The number of piperidine rings is 1. The normalized spacial score (nSPS) is 20.1. The number of ether oxygens (including phenoxy) is 1. The highest BCUT2D eigenvalue weighted by atomic mass is 32.1. The molecule has 2 rings (SSSR count). The number of hydrogen-bond donors (Lipinski definition) is 1. The summed E-state index contributed by atoms with van der Waals surface area (Å²) in [7, 11) is 1.79. The van der Waals surface area contributed by atoms with E-state index in [2.05, 4.69) is 15.3 Å². The van der Waals surface area contributed by atoms with Crippen molar-refractivity contribution in [1.82, 2.24) is 4.98 Å². The number of thiazole rings is 1. The Labute approximate surface area is 100 Å². The second-order valence-electron chi connectivity index (χ2n) is 4.27. The van der Waals surface area contributed by atoms with Gasteiger partial charge in [0.15, 0.2) is 5.13 Å². The molecule has 0 radical (unpaired) electrons. The average Bonchev–Trinajstić information content (AvgIpc) is 2.78. The van der Waals surface area contributed by atoms with Crippen LogP contribution in [0.2, 0.25) is 0 Å². The number of nitrogens with two attached hydrogens (primary N) is 1. The Bertz CT molecular complexity index is 332. The molecule has 90 valence electrons. The van der Waals surface area contributed by atoms with Gasteiger partial charge in [0, 0.05) is 31.6 Å². The van der Waals surface area contributed by atoms with Crippen LogP contribution in [-0.4, -0.2) is 31.3 Å². The van der Waals surface area contributed by atoms with Crippen LogP contribution in [0.1, 0.15) is 31.5 Å². The van der Waals surface area contributed by atoms with Crippen LogP contribution in [0.3, 0.4) is 0 Å². The molecule has 16 heavy (non-hydrogen) atoms. The quantitative estimate of drug-likeness (QED) is 0.876. The topological polar surface area (TPSA) is 51.4 Å². The van der Waals surface area contributed by atoms with E-state index in [1.807, 2.05) is 6.92 Å². The Balaban J connectivity index is 1.97. The zero-order valence-electron chi connectivity index (χ0n) is 9.85. The first kappa shape index (κ1) is 11.8. The van der Waals surface area contributed by atoms with E-state index >= 15 is 0 Å².